The van der Waals surface area contributed by atoms with E-state index in [1.165, 1.54) is 7.11 Å². The summed E-state index contributed by atoms with van der Waals surface area (Å²) in [6, 6.07) is 15.2. The molecule has 0 unspecified atom stereocenters. The lowest BCUT2D eigenvalue weighted by Gasteiger charge is -2.30. The monoisotopic (exact) mass is 540 g/mol. The number of para-hydroxylation sites is 1. The van der Waals surface area contributed by atoms with Crippen molar-refractivity contribution in [2.24, 2.45) is 5.92 Å². The van der Waals surface area contributed by atoms with Crippen molar-refractivity contribution in [1.82, 2.24) is 5.32 Å². The molecule has 2 aromatic carbocycles. The van der Waals surface area contributed by atoms with Crippen molar-refractivity contribution in [2.45, 2.75) is 57.8 Å². The number of amides is 2. The number of carbonyl (C=O) groups excluding carboxylic acids is 5. The Labute approximate surface area is 226 Å². The third-order valence-corrected chi connectivity index (χ3v) is 6.09. The summed E-state index contributed by atoms with van der Waals surface area (Å²) in [7, 11) is 1.33. The molecule has 0 bridgehead atoms. The van der Waals surface area contributed by atoms with Crippen LogP contribution in [0.15, 0.2) is 54.6 Å². The van der Waals surface area contributed by atoms with Crippen LogP contribution in [-0.2, 0) is 38.2 Å². The number of carbonyl (C=O) groups is 5. The quantitative estimate of drug-likeness (QED) is 0.343. The number of anilines is 1. The molecule has 11 heteroatoms. The van der Waals surface area contributed by atoms with Gasteiger partial charge < -0.3 is 29.6 Å². The van der Waals surface area contributed by atoms with Gasteiger partial charge in [-0.15, -0.1) is 0 Å². The summed E-state index contributed by atoms with van der Waals surface area (Å²) in [4.78, 5) is 61.7. The van der Waals surface area contributed by atoms with Gasteiger partial charge in [0.25, 0.3) is 11.8 Å². The van der Waals surface area contributed by atoms with E-state index in [-0.39, 0.29) is 17.9 Å². The summed E-state index contributed by atoms with van der Waals surface area (Å²) in [5, 5.41) is 5.33. The number of benzene rings is 2. The number of hydrogen-bond donors (Lipinski definition) is 2. The molecule has 1 aliphatic rings. The predicted octanol–water partition coefficient (Wildman–Crippen LogP) is 3.13. The van der Waals surface area contributed by atoms with Crippen LogP contribution in [0.25, 0.3) is 0 Å². The van der Waals surface area contributed by atoms with Gasteiger partial charge in [-0.05, 0) is 62.1 Å². The van der Waals surface area contributed by atoms with Crippen molar-refractivity contribution in [3.63, 3.8) is 0 Å². The first kappa shape index (κ1) is 29.2. The zero-order valence-corrected chi connectivity index (χ0v) is 22.0. The first-order valence-corrected chi connectivity index (χ1v) is 12.5. The summed E-state index contributed by atoms with van der Waals surface area (Å²) in [5.41, 5.74) is 0.334. The molecule has 0 aromatic heterocycles. The van der Waals surface area contributed by atoms with Gasteiger partial charge in [0, 0.05) is 25.6 Å². The molecule has 11 nitrogen and oxygen atoms in total. The van der Waals surface area contributed by atoms with E-state index >= 15 is 0 Å². The molecule has 2 N–H and O–H groups in total. The van der Waals surface area contributed by atoms with Crippen molar-refractivity contribution in [3.05, 3.63) is 54.6 Å². The van der Waals surface area contributed by atoms with E-state index in [0.29, 0.717) is 42.9 Å². The molecule has 3 rings (SSSR count). The Balaban J connectivity index is 1.69. The standard InChI is InChI=1S/C28H32N2O9/c1-17(31)37-24(26(33)29-20-11-9-19(10-12-20)28(35)36-3)25(38-18(2)32)27(34)30-21-13-15-23(16-14-21)39-22-7-5-4-6-8-22/h4-8,13-16,19-20,24-25H,9-12H2,1-3H3,(H,29,33)(H,30,34)/t19?,20?,24-,25-/m1/s1. The fourth-order valence-corrected chi connectivity index (χ4v) is 4.23. The van der Waals surface area contributed by atoms with Crippen LogP contribution in [0.2, 0.25) is 0 Å². The Morgan fingerprint density at radius 2 is 1.28 bits per heavy atom. The number of rotatable bonds is 10. The van der Waals surface area contributed by atoms with Gasteiger partial charge in [-0.25, -0.2) is 0 Å². The number of hydrogen-bond acceptors (Lipinski definition) is 9. The number of ether oxygens (including phenoxy) is 4. The van der Waals surface area contributed by atoms with Gasteiger partial charge in [0.05, 0.1) is 13.0 Å². The highest BCUT2D eigenvalue weighted by molar-refractivity contribution is 6.00. The van der Waals surface area contributed by atoms with Crippen molar-refractivity contribution in [2.75, 3.05) is 12.4 Å². The largest absolute Gasteiger partial charge is 0.469 e. The Hall–Kier alpha value is -4.41. The lowest BCUT2D eigenvalue weighted by atomic mass is 9.86. The van der Waals surface area contributed by atoms with E-state index in [1.807, 2.05) is 18.2 Å². The van der Waals surface area contributed by atoms with E-state index in [0.717, 1.165) is 13.8 Å². The lowest BCUT2D eigenvalue weighted by molar-refractivity contribution is -0.173. The van der Waals surface area contributed by atoms with Gasteiger partial charge in [-0.3, -0.25) is 24.0 Å². The Kier molecular flexibility index (Phi) is 10.4. The number of esters is 3. The maximum atomic E-state index is 13.2. The van der Waals surface area contributed by atoms with Crippen LogP contribution < -0.4 is 15.4 Å². The molecular weight excluding hydrogens is 508 g/mol. The molecule has 0 radical (unpaired) electrons. The zero-order valence-electron chi connectivity index (χ0n) is 22.0. The third kappa shape index (κ3) is 8.84. The van der Waals surface area contributed by atoms with Crippen molar-refractivity contribution in [3.8, 4) is 11.5 Å². The molecule has 0 saturated heterocycles. The molecule has 0 aliphatic heterocycles. The van der Waals surface area contributed by atoms with Crippen molar-refractivity contribution < 1.29 is 42.9 Å². The topological polar surface area (TPSA) is 146 Å². The van der Waals surface area contributed by atoms with Gasteiger partial charge in [0.1, 0.15) is 11.5 Å². The highest BCUT2D eigenvalue weighted by Crippen LogP contribution is 2.26. The summed E-state index contributed by atoms with van der Waals surface area (Å²) >= 11 is 0. The average molecular weight is 541 g/mol. The van der Waals surface area contributed by atoms with Crippen LogP contribution in [0.1, 0.15) is 39.5 Å². The first-order valence-electron chi connectivity index (χ1n) is 12.5. The van der Waals surface area contributed by atoms with E-state index in [1.54, 1.807) is 36.4 Å². The smallest absolute Gasteiger partial charge is 0.308 e. The van der Waals surface area contributed by atoms with E-state index < -0.39 is 36.0 Å². The van der Waals surface area contributed by atoms with Crippen LogP contribution in [-0.4, -0.2) is 55.1 Å². The SMILES string of the molecule is COC(=O)C1CCC(NC(=O)[C@H](OC(C)=O)[C@@H](OC(C)=O)C(=O)Nc2ccc(Oc3ccccc3)cc2)CC1. The molecular formula is C28H32N2O9. The Bertz CT molecular complexity index is 1160. The maximum absolute atomic E-state index is 13.2. The zero-order chi connectivity index (χ0) is 28.4. The number of methoxy groups -OCH3 is 1. The second kappa shape index (κ2) is 13.9. The molecule has 0 spiro atoms. The highest BCUT2D eigenvalue weighted by Gasteiger charge is 2.40. The van der Waals surface area contributed by atoms with Crippen LogP contribution in [0.4, 0.5) is 5.69 Å². The van der Waals surface area contributed by atoms with Crippen molar-refractivity contribution in [1.29, 1.82) is 0 Å². The Morgan fingerprint density at radius 1 is 0.744 bits per heavy atom. The average Bonchev–Trinajstić information content (AvgIpc) is 2.92. The minimum Gasteiger partial charge on any atom is -0.469 e. The van der Waals surface area contributed by atoms with E-state index in [9.17, 15) is 24.0 Å². The van der Waals surface area contributed by atoms with E-state index in [4.69, 9.17) is 18.9 Å². The molecule has 1 saturated carbocycles. The minimum atomic E-state index is -1.75. The Morgan fingerprint density at radius 3 is 1.82 bits per heavy atom. The summed E-state index contributed by atoms with van der Waals surface area (Å²) in [6.45, 7) is 2.16. The molecule has 2 amide bonds. The second-order valence-corrected chi connectivity index (χ2v) is 9.07. The summed E-state index contributed by atoms with van der Waals surface area (Å²) in [5.74, 6) is -2.73. The number of nitrogens with one attached hydrogen (secondary N) is 2. The lowest BCUT2D eigenvalue weighted by Crippen LogP contribution is -2.53. The van der Waals surface area contributed by atoms with Crippen LogP contribution >= 0.6 is 0 Å². The van der Waals surface area contributed by atoms with Gasteiger partial charge in [-0.1, -0.05) is 18.2 Å². The molecule has 0 heterocycles. The molecule has 1 aliphatic carbocycles. The van der Waals surface area contributed by atoms with Gasteiger partial charge in [0.2, 0.25) is 12.2 Å². The molecule has 208 valence electrons. The molecule has 1 fully saturated rings. The van der Waals surface area contributed by atoms with Gasteiger partial charge in [-0.2, -0.15) is 0 Å². The van der Waals surface area contributed by atoms with E-state index in [2.05, 4.69) is 10.6 Å². The van der Waals surface area contributed by atoms with Gasteiger partial charge in [0.15, 0.2) is 0 Å². The van der Waals surface area contributed by atoms with Crippen LogP contribution in [0.3, 0.4) is 0 Å². The highest BCUT2D eigenvalue weighted by atomic mass is 16.6. The maximum Gasteiger partial charge on any atom is 0.308 e. The molecule has 2 aromatic rings. The fourth-order valence-electron chi connectivity index (χ4n) is 4.23. The fraction of sp³-hybridized carbons (Fsp3) is 0.393. The van der Waals surface area contributed by atoms with Gasteiger partial charge >= 0.3 is 17.9 Å². The summed E-state index contributed by atoms with van der Waals surface area (Å²) < 4.78 is 20.8. The summed E-state index contributed by atoms with van der Waals surface area (Å²) in [6.07, 6.45) is -1.50. The normalized spacial score (nSPS) is 18.0. The van der Waals surface area contributed by atoms with Crippen LogP contribution in [0.5, 0.6) is 11.5 Å². The predicted molar refractivity (Wildman–Crippen MR) is 139 cm³/mol. The second-order valence-electron chi connectivity index (χ2n) is 9.07. The minimum absolute atomic E-state index is 0.253. The van der Waals surface area contributed by atoms with Crippen molar-refractivity contribution >= 4 is 35.4 Å². The molecule has 39 heavy (non-hydrogen) atoms. The first-order chi connectivity index (χ1) is 18.7. The van der Waals surface area contributed by atoms with Crippen LogP contribution in [0, 0.1) is 5.92 Å². The third-order valence-electron chi connectivity index (χ3n) is 6.09. The molecule has 2 atom stereocenters.